The summed E-state index contributed by atoms with van der Waals surface area (Å²) in [5, 5.41) is 0.824. The number of aromatic amines is 1. The summed E-state index contributed by atoms with van der Waals surface area (Å²) in [5.41, 5.74) is 1.21. The highest BCUT2D eigenvalue weighted by atomic mass is 32.1. The highest BCUT2D eigenvalue weighted by Gasteiger charge is 2.18. The topological polar surface area (TPSA) is 37.8 Å². The number of H-pyrrole nitrogens is 1. The van der Waals surface area contributed by atoms with Crippen LogP contribution < -0.4 is 5.56 Å². The minimum absolute atomic E-state index is 0.0249. The zero-order chi connectivity index (χ0) is 12.7. The Morgan fingerprint density at radius 2 is 2.11 bits per heavy atom. The summed E-state index contributed by atoms with van der Waals surface area (Å²) in [6, 6.07) is 0. The largest absolute Gasteiger partial charge is 0.323 e. The SMILES string of the molecule is C=Cn1c(=S)[nH]c2sc3c(c2c1=O)CCCCC3. The Morgan fingerprint density at radius 1 is 1.33 bits per heavy atom. The summed E-state index contributed by atoms with van der Waals surface area (Å²) in [6.45, 7) is 3.65. The van der Waals surface area contributed by atoms with Crippen LogP contribution in [0.3, 0.4) is 0 Å². The van der Waals surface area contributed by atoms with E-state index < -0.39 is 0 Å². The number of hydrogen-bond acceptors (Lipinski definition) is 3. The van der Waals surface area contributed by atoms with Gasteiger partial charge in [0.05, 0.1) is 5.39 Å². The second-order valence-electron chi connectivity index (χ2n) is 4.56. The van der Waals surface area contributed by atoms with Gasteiger partial charge in [0.25, 0.3) is 5.56 Å². The van der Waals surface area contributed by atoms with Crippen molar-refractivity contribution < 1.29 is 0 Å². The molecule has 0 radical (unpaired) electrons. The van der Waals surface area contributed by atoms with Crippen LogP contribution >= 0.6 is 23.6 Å². The lowest BCUT2D eigenvalue weighted by molar-refractivity contribution is 0.713. The van der Waals surface area contributed by atoms with Crippen molar-refractivity contribution in [2.75, 3.05) is 0 Å². The molecular formula is C13H14N2OS2. The maximum atomic E-state index is 12.4. The van der Waals surface area contributed by atoms with Crippen LogP contribution in [-0.2, 0) is 12.8 Å². The lowest BCUT2D eigenvalue weighted by Crippen LogP contribution is -2.17. The monoisotopic (exact) mass is 278 g/mol. The first-order chi connectivity index (χ1) is 8.72. The van der Waals surface area contributed by atoms with Gasteiger partial charge in [0, 0.05) is 11.1 Å². The molecule has 0 fully saturated rings. The van der Waals surface area contributed by atoms with Gasteiger partial charge >= 0.3 is 0 Å². The van der Waals surface area contributed by atoms with Gasteiger partial charge in [-0.1, -0.05) is 13.0 Å². The summed E-state index contributed by atoms with van der Waals surface area (Å²) >= 11 is 6.87. The van der Waals surface area contributed by atoms with Crippen LogP contribution in [0.2, 0.25) is 0 Å². The number of fused-ring (bicyclic) bond motifs is 3. The Bertz CT molecular complexity index is 736. The van der Waals surface area contributed by atoms with E-state index in [0.717, 1.165) is 23.1 Å². The Hall–Kier alpha value is -1.20. The van der Waals surface area contributed by atoms with E-state index >= 15 is 0 Å². The Balaban J connectivity index is 2.42. The fraction of sp³-hybridized carbons (Fsp3) is 0.385. The van der Waals surface area contributed by atoms with Crippen molar-refractivity contribution in [1.82, 2.24) is 9.55 Å². The first-order valence-electron chi connectivity index (χ1n) is 6.14. The van der Waals surface area contributed by atoms with Crippen molar-refractivity contribution in [3.05, 3.63) is 32.1 Å². The number of nitrogens with zero attached hydrogens (tertiary/aromatic N) is 1. The molecule has 0 aromatic carbocycles. The summed E-state index contributed by atoms with van der Waals surface area (Å²) in [7, 11) is 0. The van der Waals surface area contributed by atoms with Gasteiger partial charge in [0.1, 0.15) is 4.83 Å². The van der Waals surface area contributed by atoms with E-state index in [1.807, 2.05) is 0 Å². The van der Waals surface area contributed by atoms with Crippen molar-refractivity contribution in [3.8, 4) is 0 Å². The third-order valence-electron chi connectivity index (χ3n) is 3.48. The molecule has 0 unspecified atom stereocenters. The molecular weight excluding hydrogens is 264 g/mol. The molecule has 0 bridgehead atoms. The molecule has 0 amide bonds. The van der Waals surface area contributed by atoms with Crippen LogP contribution in [0.4, 0.5) is 0 Å². The highest BCUT2D eigenvalue weighted by molar-refractivity contribution is 7.71. The number of hydrogen-bond donors (Lipinski definition) is 1. The molecule has 2 aromatic heterocycles. The van der Waals surface area contributed by atoms with E-state index in [-0.39, 0.29) is 5.56 Å². The van der Waals surface area contributed by atoms with Crippen molar-refractivity contribution >= 4 is 40.0 Å². The number of aryl methyl sites for hydroxylation is 2. The molecule has 5 heteroatoms. The molecule has 0 atom stereocenters. The third kappa shape index (κ3) is 1.69. The van der Waals surface area contributed by atoms with E-state index in [0.29, 0.717) is 4.77 Å². The van der Waals surface area contributed by atoms with Crippen LogP contribution in [0.1, 0.15) is 29.7 Å². The summed E-state index contributed by atoms with van der Waals surface area (Å²) in [4.78, 5) is 17.9. The quantitative estimate of drug-likeness (QED) is 0.640. The lowest BCUT2D eigenvalue weighted by Gasteiger charge is -2.01. The molecule has 1 N–H and O–H groups in total. The normalized spacial score (nSPS) is 15.3. The van der Waals surface area contributed by atoms with Gasteiger partial charge in [-0.3, -0.25) is 9.36 Å². The zero-order valence-corrected chi connectivity index (χ0v) is 11.6. The predicted octanol–water partition coefficient (Wildman–Crippen LogP) is 3.49. The first kappa shape index (κ1) is 11.9. The fourth-order valence-corrected chi connectivity index (χ4v) is 4.20. The predicted molar refractivity (Wildman–Crippen MR) is 78.9 cm³/mol. The van der Waals surface area contributed by atoms with Gasteiger partial charge in [-0.2, -0.15) is 0 Å². The van der Waals surface area contributed by atoms with Gasteiger partial charge in [-0.05, 0) is 43.5 Å². The van der Waals surface area contributed by atoms with Crippen LogP contribution in [0.15, 0.2) is 11.4 Å². The molecule has 1 aliphatic carbocycles. The molecule has 3 rings (SSSR count). The van der Waals surface area contributed by atoms with Gasteiger partial charge in [0.2, 0.25) is 0 Å². The van der Waals surface area contributed by atoms with Crippen LogP contribution in [-0.4, -0.2) is 9.55 Å². The smallest absolute Gasteiger partial charge is 0.267 e. The molecule has 0 saturated heterocycles. The minimum atomic E-state index is -0.0249. The molecule has 2 heterocycles. The van der Waals surface area contributed by atoms with E-state index in [4.69, 9.17) is 12.2 Å². The second kappa shape index (κ2) is 4.48. The summed E-state index contributed by atoms with van der Waals surface area (Å²) < 4.78 is 1.86. The summed E-state index contributed by atoms with van der Waals surface area (Å²) in [5.74, 6) is 0. The van der Waals surface area contributed by atoms with Gasteiger partial charge in [-0.15, -0.1) is 11.3 Å². The summed E-state index contributed by atoms with van der Waals surface area (Å²) in [6.07, 6.45) is 7.22. The van der Waals surface area contributed by atoms with Gasteiger partial charge in [-0.25, -0.2) is 0 Å². The maximum Gasteiger partial charge on any atom is 0.267 e. The molecule has 1 aliphatic rings. The van der Waals surface area contributed by atoms with E-state index in [1.54, 1.807) is 11.3 Å². The molecule has 94 valence electrons. The number of rotatable bonds is 1. The molecule has 2 aromatic rings. The van der Waals surface area contributed by atoms with Crippen molar-refractivity contribution in [3.63, 3.8) is 0 Å². The Morgan fingerprint density at radius 3 is 2.89 bits per heavy atom. The average Bonchev–Trinajstić information content (AvgIpc) is 2.53. The van der Waals surface area contributed by atoms with Crippen LogP contribution in [0.5, 0.6) is 0 Å². The highest BCUT2D eigenvalue weighted by Crippen LogP contribution is 2.32. The average molecular weight is 278 g/mol. The van der Waals surface area contributed by atoms with E-state index in [1.165, 1.54) is 40.5 Å². The third-order valence-corrected chi connectivity index (χ3v) is 4.98. The van der Waals surface area contributed by atoms with E-state index in [9.17, 15) is 4.79 Å². The number of thiophene rings is 1. The van der Waals surface area contributed by atoms with Crippen LogP contribution in [0.25, 0.3) is 16.4 Å². The number of nitrogens with one attached hydrogen (secondary N) is 1. The second-order valence-corrected chi connectivity index (χ2v) is 6.05. The Labute approximate surface area is 114 Å². The maximum absolute atomic E-state index is 12.4. The number of aromatic nitrogens is 2. The van der Waals surface area contributed by atoms with Crippen molar-refractivity contribution in [2.45, 2.75) is 32.1 Å². The van der Waals surface area contributed by atoms with Crippen molar-refractivity contribution in [2.24, 2.45) is 0 Å². The fourth-order valence-electron chi connectivity index (χ4n) is 2.59. The van der Waals surface area contributed by atoms with Crippen molar-refractivity contribution in [1.29, 1.82) is 0 Å². The standard InChI is InChI=1S/C13H14N2OS2/c1-2-15-12(16)10-8-6-4-3-5-7-9(8)18-11(10)14-13(15)17/h2H,1,3-7H2,(H,14,17). The molecule has 0 aliphatic heterocycles. The van der Waals surface area contributed by atoms with Crippen LogP contribution in [0, 0.1) is 4.77 Å². The molecule has 0 spiro atoms. The molecule has 18 heavy (non-hydrogen) atoms. The zero-order valence-electron chi connectivity index (χ0n) is 9.99. The molecule has 3 nitrogen and oxygen atoms in total. The van der Waals surface area contributed by atoms with Gasteiger partial charge in [0.15, 0.2) is 4.77 Å². The van der Waals surface area contributed by atoms with Gasteiger partial charge < -0.3 is 4.98 Å². The lowest BCUT2D eigenvalue weighted by atomic mass is 10.1. The van der Waals surface area contributed by atoms with E-state index in [2.05, 4.69) is 11.6 Å². The first-order valence-corrected chi connectivity index (χ1v) is 7.36. The minimum Gasteiger partial charge on any atom is -0.323 e. The molecule has 0 saturated carbocycles. The Kier molecular flexibility index (Phi) is 2.95.